The highest BCUT2D eigenvalue weighted by molar-refractivity contribution is 7.92. The molecule has 140 valence electrons. The predicted octanol–water partition coefficient (Wildman–Crippen LogP) is 1.87. The van der Waals surface area contributed by atoms with Crippen LogP contribution in [-0.4, -0.2) is 22.7 Å². The highest BCUT2D eigenvalue weighted by Crippen LogP contribution is 2.19. The van der Waals surface area contributed by atoms with Gasteiger partial charge in [-0.15, -0.1) is 0 Å². The monoisotopic (exact) mass is 397 g/mol. The van der Waals surface area contributed by atoms with Gasteiger partial charge in [-0.05, 0) is 55.0 Å². The van der Waals surface area contributed by atoms with Gasteiger partial charge in [-0.2, -0.15) is 0 Å². The van der Waals surface area contributed by atoms with Crippen LogP contribution in [-0.2, 0) is 24.8 Å². The maximum atomic E-state index is 12.4. The van der Waals surface area contributed by atoms with Crippen LogP contribution in [0.5, 0.6) is 0 Å². The van der Waals surface area contributed by atoms with E-state index in [0.29, 0.717) is 18.5 Å². The molecule has 1 amide bonds. The summed E-state index contributed by atoms with van der Waals surface area (Å²) in [6.45, 7) is 1.89. The highest BCUT2D eigenvalue weighted by Gasteiger charge is 2.15. The lowest BCUT2D eigenvalue weighted by Gasteiger charge is -2.10. The summed E-state index contributed by atoms with van der Waals surface area (Å²) in [5.74, 6) is -0.142. The number of sulfonamides is 2. The van der Waals surface area contributed by atoms with E-state index in [1.54, 1.807) is 0 Å². The Bertz CT molecular complexity index is 983. The smallest absolute Gasteiger partial charge is 0.261 e. The van der Waals surface area contributed by atoms with E-state index < -0.39 is 20.0 Å². The molecule has 0 aliphatic heterocycles. The van der Waals surface area contributed by atoms with Gasteiger partial charge in [0.2, 0.25) is 15.9 Å². The standard InChI is InChI=1S/C16H19N3O5S2/c1-2-3-16(20)18-12-4-10-15(11-5-12)26(23,24)19-13-6-8-14(9-7-13)25(17,21)22/h4-11,19H,2-3H2,1H3,(H,18,20)(H2,17,21,22). The average molecular weight is 397 g/mol. The third kappa shape index (κ3) is 5.28. The van der Waals surface area contributed by atoms with Gasteiger partial charge in [0.1, 0.15) is 0 Å². The van der Waals surface area contributed by atoms with E-state index in [1.807, 2.05) is 6.92 Å². The number of carbonyl (C=O) groups is 1. The van der Waals surface area contributed by atoms with Crippen molar-refractivity contribution < 1.29 is 21.6 Å². The van der Waals surface area contributed by atoms with Crippen LogP contribution in [0, 0.1) is 0 Å². The van der Waals surface area contributed by atoms with E-state index >= 15 is 0 Å². The molecule has 0 unspecified atom stereocenters. The van der Waals surface area contributed by atoms with Crippen molar-refractivity contribution in [3.63, 3.8) is 0 Å². The Labute approximate surface area is 152 Å². The second-order valence-corrected chi connectivity index (χ2v) is 8.74. The van der Waals surface area contributed by atoms with Crippen molar-refractivity contribution in [3.05, 3.63) is 48.5 Å². The summed E-state index contributed by atoms with van der Waals surface area (Å²) >= 11 is 0. The summed E-state index contributed by atoms with van der Waals surface area (Å²) in [5.41, 5.74) is 0.692. The minimum absolute atomic E-state index is 0.00140. The minimum atomic E-state index is -3.86. The maximum Gasteiger partial charge on any atom is 0.261 e. The van der Waals surface area contributed by atoms with Gasteiger partial charge in [-0.3, -0.25) is 9.52 Å². The Morgan fingerprint density at radius 2 is 1.38 bits per heavy atom. The number of hydrogen-bond acceptors (Lipinski definition) is 5. The number of hydrogen-bond donors (Lipinski definition) is 3. The van der Waals surface area contributed by atoms with E-state index in [2.05, 4.69) is 10.0 Å². The van der Waals surface area contributed by atoms with Crippen LogP contribution < -0.4 is 15.2 Å². The van der Waals surface area contributed by atoms with Crippen LogP contribution in [0.25, 0.3) is 0 Å². The zero-order chi connectivity index (χ0) is 19.4. The number of amides is 1. The average Bonchev–Trinajstić information content (AvgIpc) is 2.55. The molecular weight excluding hydrogens is 378 g/mol. The second kappa shape index (κ2) is 7.85. The van der Waals surface area contributed by atoms with Crippen molar-refractivity contribution in [2.45, 2.75) is 29.6 Å². The van der Waals surface area contributed by atoms with Crippen molar-refractivity contribution in [1.82, 2.24) is 0 Å². The SMILES string of the molecule is CCCC(=O)Nc1ccc(S(=O)(=O)Nc2ccc(S(N)(=O)=O)cc2)cc1. The summed E-state index contributed by atoms with van der Waals surface area (Å²) < 4.78 is 49.5. The number of benzene rings is 2. The van der Waals surface area contributed by atoms with Crippen molar-refractivity contribution in [1.29, 1.82) is 0 Å². The summed E-state index contributed by atoms with van der Waals surface area (Å²) in [4.78, 5) is 11.4. The van der Waals surface area contributed by atoms with Crippen molar-refractivity contribution >= 4 is 37.3 Å². The molecule has 2 aromatic carbocycles. The van der Waals surface area contributed by atoms with E-state index in [1.165, 1.54) is 48.5 Å². The molecule has 0 aliphatic rings. The molecule has 0 heterocycles. The summed E-state index contributed by atoms with van der Waals surface area (Å²) in [5, 5.41) is 7.66. The first kappa shape index (κ1) is 19.9. The lowest BCUT2D eigenvalue weighted by molar-refractivity contribution is -0.116. The fourth-order valence-electron chi connectivity index (χ4n) is 2.09. The van der Waals surface area contributed by atoms with Gasteiger partial charge in [-0.25, -0.2) is 22.0 Å². The number of anilines is 2. The Morgan fingerprint density at radius 1 is 0.885 bits per heavy atom. The van der Waals surface area contributed by atoms with Gasteiger partial charge >= 0.3 is 0 Å². The van der Waals surface area contributed by atoms with Crippen LogP contribution in [0.3, 0.4) is 0 Å². The molecule has 0 radical (unpaired) electrons. The predicted molar refractivity (Wildman–Crippen MR) is 98.6 cm³/mol. The molecule has 4 N–H and O–H groups in total. The van der Waals surface area contributed by atoms with Crippen molar-refractivity contribution in [2.24, 2.45) is 5.14 Å². The summed E-state index contributed by atoms with van der Waals surface area (Å²) in [6, 6.07) is 10.7. The molecular formula is C16H19N3O5S2. The first-order chi connectivity index (χ1) is 12.1. The molecule has 0 aromatic heterocycles. The van der Waals surface area contributed by atoms with E-state index in [9.17, 15) is 21.6 Å². The van der Waals surface area contributed by atoms with Crippen LogP contribution in [0.1, 0.15) is 19.8 Å². The molecule has 0 aliphatic carbocycles. The molecule has 8 nitrogen and oxygen atoms in total. The third-order valence-electron chi connectivity index (χ3n) is 3.36. The fraction of sp³-hybridized carbons (Fsp3) is 0.188. The van der Waals surface area contributed by atoms with Gasteiger partial charge in [0.05, 0.1) is 9.79 Å². The fourth-order valence-corrected chi connectivity index (χ4v) is 3.67. The van der Waals surface area contributed by atoms with Gasteiger partial charge in [0, 0.05) is 17.8 Å². The first-order valence-corrected chi connectivity index (χ1v) is 10.7. The molecule has 0 bridgehead atoms. The van der Waals surface area contributed by atoms with Crippen LogP contribution in [0.2, 0.25) is 0 Å². The largest absolute Gasteiger partial charge is 0.326 e. The number of rotatable bonds is 7. The molecule has 0 saturated carbocycles. The molecule has 2 rings (SSSR count). The lowest BCUT2D eigenvalue weighted by atomic mass is 10.3. The molecule has 10 heteroatoms. The Kier molecular flexibility index (Phi) is 6.01. The van der Waals surface area contributed by atoms with E-state index in [0.717, 1.165) is 0 Å². The topological polar surface area (TPSA) is 135 Å². The first-order valence-electron chi connectivity index (χ1n) is 7.67. The molecule has 0 spiro atoms. The molecule has 0 saturated heterocycles. The second-order valence-electron chi connectivity index (χ2n) is 5.50. The molecule has 0 fully saturated rings. The maximum absolute atomic E-state index is 12.4. The Balaban J connectivity index is 2.13. The third-order valence-corrected chi connectivity index (χ3v) is 5.69. The van der Waals surface area contributed by atoms with E-state index in [-0.39, 0.29) is 21.4 Å². The highest BCUT2D eigenvalue weighted by atomic mass is 32.2. The zero-order valence-corrected chi connectivity index (χ0v) is 15.6. The van der Waals surface area contributed by atoms with E-state index in [4.69, 9.17) is 5.14 Å². The number of carbonyl (C=O) groups excluding carboxylic acids is 1. The van der Waals surface area contributed by atoms with Gasteiger partial charge < -0.3 is 5.32 Å². The van der Waals surface area contributed by atoms with Crippen molar-refractivity contribution in [2.75, 3.05) is 10.0 Å². The quantitative estimate of drug-likeness (QED) is 0.655. The zero-order valence-electron chi connectivity index (χ0n) is 14.0. The molecule has 2 aromatic rings. The van der Waals surface area contributed by atoms with Gasteiger partial charge in [-0.1, -0.05) is 6.92 Å². The van der Waals surface area contributed by atoms with Crippen LogP contribution >= 0.6 is 0 Å². The van der Waals surface area contributed by atoms with Crippen LogP contribution in [0.4, 0.5) is 11.4 Å². The summed E-state index contributed by atoms with van der Waals surface area (Å²) in [6.07, 6.45) is 1.10. The van der Waals surface area contributed by atoms with Crippen LogP contribution in [0.15, 0.2) is 58.3 Å². The minimum Gasteiger partial charge on any atom is -0.326 e. The number of primary sulfonamides is 1. The van der Waals surface area contributed by atoms with Gasteiger partial charge in [0.15, 0.2) is 0 Å². The Morgan fingerprint density at radius 3 is 1.88 bits per heavy atom. The Hall–Kier alpha value is -2.43. The normalized spacial score (nSPS) is 11.8. The summed E-state index contributed by atoms with van der Waals surface area (Å²) in [7, 11) is -7.71. The van der Waals surface area contributed by atoms with Gasteiger partial charge in [0.25, 0.3) is 10.0 Å². The molecule has 0 atom stereocenters. The lowest BCUT2D eigenvalue weighted by Crippen LogP contribution is -2.15. The molecule has 26 heavy (non-hydrogen) atoms. The number of nitrogens with two attached hydrogens (primary N) is 1. The number of nitrogens with one attached hydrogen (secondary N) is 2. The van der Waals surface area contributed by atoms with Crippen molar-refractivity contribution in [3.8, 4) is 0 Å².